The lowest BCUT2D eigenvalue weighted by Crippen LogP contribution is -2.62. The molecule has 1 aromatic carbocycles. The molecule has 0 aromatic heterocycles. The summed E-state index contributed by atoms with van der Waals surface area (Å²) in [6.45, 7) is 7.71. The summed E-state index contributed by atoms with van der Waals surface area (Å²) in [5.41, 5.74) is -0.474. The molecule has 3 aliphatic rings. The summed E-state index contributed by atoms with van der Waals surface area (Å²) in [4.78, 5) is 24.9. The van der Waals surface area contributed by atoms with E-state index in [1.54, 1.807) is 6.08 Å². The Hall–Kier alpha value is -2.18. The van der Waals surface area contributed by atoms with Crippen LogP contribution in [0.4, 0.5) is 0 Å². The molecule has 4 rings (SSSR count). The second kappa shape index (κ2) is 8.64. The van der Waals surface area contributed by atoms with Crippen molar-refractivity contribution in [2.45, 2.75) is 70.4 Å². The number of hydrogen-bond acceptors (Lipinski definition) is 6. The van der Waals surface area contributed by atoms with Crippen molar-refractivity contribution >= 4 is 18.0 Å². The van der Waals surface area contributed by atoms with E-state index in [1.807, 2.05) is 37.3 Å². The normalized spacial score (nSPS) is 38.1. The van der Waals surface area contributed by atoms with Gasteiger partial charge in [-0.25, -0.2) is 9.59 Å². The van der Waals surface area contributed by atoms with Gasteiger partial charge in [-0.3, -0.25) is 0 Å². The molecule has 2 heterocycles. The number of hydrogen-bond donors (Lipinski definition) is 1. The predicted molar refractivity (Wildman–Crippen MR) is 119 cm³/mol. The molecule has 1 N–H and O–H groups in total. The van der Waals surface area contributed by atoms with E-state index in [4.69, 9.17) is 14.2 Å². The van der Waals surface area contributed by atoms with E-state index >= 15 is 0 Å². The topological polar surface area (TPSA) is 82.1 Å². The summed E-state index contributed by atoms with van der Waals surface area (Å²) in [5.74, 6) is -0.385. The molecule has 2 bridgehead atoms. The predicted octanol–water partition coefficient (Wildman–Crippen LogP) is 3.77. The summed E-state index contributed by atoms with van der Waals surface area (Å²) in [5, 5.41) is 9.25. The lowest BCUT2D eigenvalue weighted by Gasteiger charge is -2.52. The standard InChI is InChI=1S/C26H34O6/c1-16(2)26-14-20(30-22(29)15-27)25(4,32-26)19-12-10-17(3)23(19)24(26)31-21(28)13-11-18-8-6-5-7-9-18/h5-9,11,13,16-17,19-20,23-24,27H,10,12,14-15H2,1-4H3/b13-11+/t17-,19-,20-,23?,24+,25+,26-/m1/s1. The number of fused-ring (bicyclic) bond motifs is 4. The minimum atomic E-state index is -0.745. The maximum absolute atomic E-state index is 12.9. The van der Waals surface area contributed by atoms with Crippen molar-refractivity contribution in [2.24, 2.45) is 23.7 Å². The van der Waals surface area contributed by atoms with E-state index in [0.717, 1.165) is 18.4 Å². The van der Waals surface area contributed by atoms with Gasteiger partial charge in [-0.1, -0.05) is 51.1 Å². The van der Waals surface area contributed by atoms with Crippen LogP contribution in [-0.2, 0) is 23.8 Å². The quantitative estimate of drug-likeness (QED) is 0.534. The van der Waals surface area contributed by atoms with Gasteiger partial charge in [0.1, 0.15) is 30.0 Å². The number of aliphatic hydroxyl groups is 1. The number of rotatable bonds is 6. The average molecular weight is 443 g/mol. The van der Waals surface area contributed by atoms with E-state index in [9.17, 15) is 14.7 Å². The fourth-order valence-corrected chi connectivity index (χ4v) is 6.33. The number of benzene rings is 1. The van der Waals surface area contributed by atoms with Crippen molar-refractivity contribution < 1.29 is 28.9 Å². The monoisotopic (exact) mass is 442 g/mol. The van der Waals surface area contributed by atoms with Crippen LogP contribution in [0.3, 0.4) is 0 Å². The average Bonchev–Trinajstić information content (AvgIpc) is 3.28. The molecule has 174 valence electrons. The lowest BCUT2D eigenvalue weighted by atomic mass is 9.69. The molecular weight excluding hydrogens is 408 g/mol. The van der Waals surface area contributed by atoms with Crippen molar-refractivity contribution in [3.63, 3.8) is 0 Å². The van der Waals surface area contributed by atoms with Crippen LogP contribution in [0, 0.1) is 23.7 Å². The van der Waals surface area contributed by atoms with Crippen LogP contribution in [-0.4, -0.2) is 47.1 Å². The number of esters is 2. The zero-order chi connectivity index (χ0) is 23.1. The highest BCUT2D eigenvalue weighted by Crippen LogP contribution is 2.63. The molecule has 3 fully saturated rings. The Morgan fingerprint density at radius 1 is 1.22 bits per heavy atom. The molecule has 1 saturated carbocycles. The second-order valence-corrected chi connectivity index (χ2v) is 10.1. The van der Waals surface area contributed by atoms with Crippen LogP contribution in [0.25, 0.3) is 6.08 Å². The van der Waals surface area contributed by atoms with Crippen molar-refractivity contribution in [1.29, 1.82) is 0 Å². The molecule has 0 spiro atoms. The molecule has 1 aliphatic carbocycles. The smallest absolute Gasteiger partial charge is 0.332 e. The van der Waals surface area contributed by atoms with Gasteiger partial charge in [-0.2, -0.15) is 0 Å². The Bertz CT molecular complexity index is 880. The first-order valence-corrected chi connectivity index (χ1v) is 11.7. The third kappa shape index (κ3) is 3.77. The highest BCUT2D eigenvalue weighted by Gasteiger charge is 2.72. The molecule has 32 heavy (non-hydrogen) atoms. The zero-order valence-corrected chi connectivity index (χ0v) is 19.3. The SMILES string of the molecule is CC(C)[C@@]12C[C@@H](OC(=O)CO)[C@@](C)(O1)[C@@H]1CC[C@@H](C)C1[C@@H]2OC(=O)/C=C/c1ccccc1. The first-order chi connectivity index (χ1) is 15.2. The molecule has 2 saturated heterocycles. The summed E-state index contributed by atoms with van der Waals surface area (Å²) in [6, 6.07) is 9.64. The van der Waals surface area contributed by atoms with Gasteiger partial charge in [0.05, 0.1) is 0 Å². The maximum atomic E-state index is 12.9. The first kappa shape index (κ1) is 23.0. The molecule has 2 aliphatic heterocycles. The summed E-state index contributed by atoms with van der Waals surface area (Å²) >= 11 is 0. The van der Waals surface area contributed by atoms with Gasteiger partial charge in [0.2, 0.25) is 0 Å². The van der Waals surface area contributed by atoms with Crippen LogP contribution in [0.1, 0.15) is 52.5 Å². The number of aliphatic hydroxyl groups excluding tert-OH is 1. The minimum absolute atomic E-state index is 0.0457. The van der Waals surface area contributed by atoms with Crippen molar-refractivity contribution in [3.8, 4) is 0 Å². The van der Waals surface area contributed by atoms with E-state index in [0.29, 0.717) is 12.3 Å². The molecule has 6 heteroatoms. The second-order valence-electron chi connectivity index (χ2n) is 10.1. The number of carbonyl (C=O) groups is 2. The van der Waals surface area contributed by atoms with Crippen molar-refractivity contribution in [3.05, 3.63) is 42.0 Å². The molecule has 1 aromatic rings. The van der Waals surface area contributed by atoms with Crippen LogP contribution in [0.5, 0.6) is 0 Å². The fraction of sp³-hybridized carbons (Fsp3) is 0.615. The number of ether oxygens (including phenoxy) is 3. The minimum Gasteiger partial charge on any atom is -0.457 e. The zero-order valence-electron chi connectivity index (χ0n) is 19.3. The fourth-order valence-electron chi connectivity index (χ4n) is 6.33. The first-order valence-electron chi connectivity index (χ1n) is 11.7. The van der Waals surface area contributed by atoms with E-state index in [2.05, 4.69) is 20.8 Å². The van der Waals surface area contributed by atoms with Gasteiger partial charge in [0, 0.05) is 18.4 Å². The molecule has 0 amide bonds. The van der Waals surface area contributed by atoms with Crippen LogP contribution in [0.15, 0.2) is 36.4 Å². The van der Waals surface area contributed by atoms with Crippen molar-refractivity contribution in [1.82, 2.24) is 0 Å². The summed E-state index contributed by atoms with van der Waals surface area (Å²) < 4.78 is 18.6. The van der Waals surface area contributed by atoms with Gasteiger partial charge >= 0.3 is 11.9 Å². The van der Waals surface area contributed by atoms with Gasteiger partial charge in [-0.05, 0) is 49.2 Å². The van der Waals surface area contributed by atoms with Crippen LogP contribution < -0.4 is 0 Å². The van der Waals surface area contributed by atoms with Crippen LogP contribution in [0.2, 0.25) is 0 Å². The molecule has 6 nitrogen and oxygen atoms in total. The van der Waals surface area contributed by atoms with E-state index in [-0.39, 0.29) is 23.7 Å². The van der Waals surface area contributed by atoms with Gasteiger partial charge in [0.25, 0.3) is 0 Å². The van der Waals surface area contributed by atoms with Gasteiger partial charge in [-0.15, -0.1) is 0 Å². The van der Waals surface area contributed by atoms with Crippen LogP contribution >= 0.6 is 0 Å². The highest BCUT2D eigenvalue weighted by atomic mass is 16.6. The number of carbonyl (C=O) groups excluding carboxylic acids is 2. The third-order valence-corrected chi connectivity index (χ3v) is 8.01. The Morgan fingerprint density at radius 2 is 1.94 bits per heavy atom. The Balaban J connectivity index is 1.65. The Kier molecular flexibility index (Phi) is 6.21. The third-order valence-electron chi connectivity index (χ3n) is 8.01. The highest BCUT2D eigenvalue weighted by molar-refractivity contribution is 5.87. The summed E-state index contributed by atoms with van der Waals surface area (Å²) in [6.07, 6.45) is 4.72. The maximum Gasteiger partial charge on any atom is 0.332 e. The molecule has 1 unspecified atom stereocenters. The van der Waals surface area contributed by atoms with Crippen molar-refractivity contribution in [2.75, 3.05) is 6.61 Å². The van der Waals surface area contributed by atoms with Gasteiger partial charge in [0.15, 0.2) is 0 Å². The molecular formula is C26H34O6. The van der Waals surface area contributed by atoms with Gasteiger partial charge < -0.3 is 19.3 Å². The summed E-state index contributed by atoms with van der Waals surface area (Å²) in [7, 11) is 0. The molecule has 0 radical (unpaired) electrons. The van der Waals surface area contributed by atoms with E-state index < -0.39 is 36.0 Å². The Morgan fingerprint density at radius 3 is 2.59 bits per heavy atom. The molecule has 7 atom stereocenters. The Labute approximate surface area is 189 Å². The van der Waals surface area contributed by atoms with E-state index in [1.165, 1.54) is 6.08 Å². The largest absolute Gasteiger partial charge is 0.457 e. The lowest BCUT2D eigenvalue weighted by molar-refractivity contribution is -0.264.